The van der Waals surface area contributed by atoms with Crippen LogP contribution in [0.25, 0.3) is 19.9 Å². The third-order valence-electron chi connectivity index (χ3n) is 2.68. The summed E-state index contributed by atoms with van der Waals surface area (Å²) in [6.07, 6.45) is 0. The van der Waals surface area contributed by atoms with E-state index in [0.717, 1.165) is 16.4 Å². The molecule has 2 N–H and O–H groups in total. The Morgan fingerprint density at radius 1 is 1.00 bits per heavy atom. The molecule has 0 radical (unpaired) electrons. The number of benzene rings is 2. The first kappa shape index (κ1) is 12.3. The Hall–Kier alpha value is -1.78. The van der Waals surface area contributed by atoms with Gasteiger partial charge in [0.05, 0.1) is 0 Å². The van der Waals surface area contributed by atoms with Crippen molar-refractivity contribution < 1.29 is 13.2 Å². The Labute approximate surface area is 112 Å². The topological polar surface area (TPSA) is 38.9 Å². The zero-order valence-corrected chi connectivity index (χ0v) is 11.2. The van der Waals surface area contributed by atoms with E-state index < -0.39 is 17.3 Å². The predicted molar refractivity (Wildman–Crippen MR) is 68.4 cm³/mol. The number of anilines is 1. The van der Waals surface area contributed by atoms with Crippen molar-refractivity contribution in [2.45, 2.75) is 0 Å². The summed E-state index contributed by atoms with van der Waals surface area (Å²) in [7, 11) is 0. The van der Waals surface area contributed by atoms with Gasteiger partial charge in [-0.05, 0) is 0 Å². The van der Waals surface area contributed by atoms with E-state index in [4.69, 9.17) is 5.73 Å². The fourth-order valence-corrected chi connectivity index (χ4v) is 3.69. The number of nitrogens with two attached hydrogens (primary N) is 1. The second kappa shape index (κ2) is 4.40. The van der Waals surface area contributed by atoms with Gasteiger partial charge in [-0.2, -0.15) is 0 Å². The fourth-order valence-electron chi connectivity index (χ4n) is 1.73. The predicted octanol–water partition coefficient (Wildman–Crippen LogP) is 2.96. The van der Waals surface area contributed by atoms with Gasteiger partial charge in [-0.3, -0.25) is 0 Å². The van der Waals surface area contributed by atoms with Crippen molar-refractivity contribution in [3.05, 3.63) is 47.8 Å². The molecular weight excluding hydrogens is 320 g/mol. The van der Waals surface area contributed by atoms with Gasteiger partial charge in [0.1, 0.15) is 0 Å². The first-order valence-electron chi connectivity index (χ1n) is 5.35. The molecule has 0 aliphatic rings. The normalized spacial score (nSPS) is 11.1. The van der Waals surface area contributed by atoms with Gasteiger partial charge in [0.2, 0.25) is 0 Å². The second-order valence-electron chi connectivity index (χ2n) is 3.98. The SMILES string of the molecule is Nc1c(F)cc(-c2nc3cc(F)ccc3[se]2)cc1F. The number of hydrogen-bond donors (Lipinski definition) is 1. The summed E-state index contributed by atoms with van der Waals surface area (Å²) in [6, 6.07) is 6.62. The molecule has 1 heterocycles. The monoisotopic (exact) mass is 328 g/mol. The van der Waals surface area contributed by atoms with Crippen LogP contribution in [0.3, 0.4) is 0 Å². The van der Waals surface area contributed by atoms with E-state index in [1.165, 1.54) is 12.1 Å². The molecule has 0 saturated heterocycles. The van der Waals surface area contributed by atoms with Crippen LogP contribution in [0.1, 0.15) is 0 Å². The molecule has 0 bridgehead atoms. The molecule has 1 aromatic heterocycles. The second-order valence-corrected chi connectivity index (χ2v) is 6.15. The van der Waals surface area contributed by atoms with Crippen LogP contribution in [0.2, 0.25) is 0 Å². The first-order valence-corrected chi connectivity index (χ1v) is 7.07. The molecule has 2 aromatic carbocycles. The molecule has 6 heteroatoms. The van der Waals surface area contributed by atoms with Crippen molar-refractivity contribution in [1.29, 1.82) is 0 Å². The third-order valence-corrected chi connectivity index (χ3v) is 4.95. The molecule has 3 rings (SSSR count). The van der Waals surface area contributed by atoms with E-state index in [2.05, 4.69) is 4.98 Å². The molecule has 2 nitrogen and oxygen atoms in total. The van der Waals surface area contributed by atoms with Crippen LogP contribution in [0.15, 0.2) is 30.3 Å². The first-order chi connectivity index (χ1) is 9.04. The maximum absolute atomic E-state index is 13.4. The number of fused-ring (bicyclic) bond motifs is 1. The molecule has 0 aliphatic carbocycles. The van der Waals surface area contributed by atoms with Crippen molar-refractivity contribution in [2.75, 3.05) is 5.73 Å². The summed E-state index contributed by atoms with van der Waals surface area (Å²) in [5, 5.41) is 0. The summed E-state index contributed by atoms with van der Waals surface area (Å²) in [6.45, 7) is 0. The van der Waals surface area contributed by atoms with E-state index in [9.17, 15) is 13.2 Å². The van der Waals surface area contributed by atoms with Crippen LogP contribution >= 0.6 is 0 Å². The van der Waals surface area contributed by atoms with Crippen LogP contribution < -0.4 is 5.73 Å². The number of nitrogen functional groups attached to an aromatic ring is 1. The van der Waals surface area contributed by atoms with Crippen LogP contribution in [-0.4, -0.2) is 19.5 Å². The molecule has 3 aromatic rings. The van der Waals surface area contributed by atoms with Crippen molar-refractivity contribution >= 4 is 30.0 Å². The van der Waals surface area contributed by atoms with E-state index >= 15 is 0 Å². The average Bonchev–Trinajstić information content (AvgIpc) is 2.78. The van der Waals surface area contributed by atoms with Crippen LogP contribution in [-0.2, 0) is 0 Å². The average molecular weight is 327 g/mol. The number of aromatic nitrogens is 1. The van der Waals surface area contributed by atoms with E-state index in [0.29, 0.717) is 15.6 Å². The minimum atomic E-state index is -0.810. The zero-order chi connectivity index (χ0) is 13.6. The molecule has 0 amide bonds. The zero-order valence-electron chi connectivity index (χ0n) is 9.45. The summed E-state index contributed by atoms with van der Waals surface area (Å²) in [5.74, 6) is -2.00. The van der Waals surface area contributed by atoms with Gasteiger partial charge < -0.3 is 0 Å². The molecule has 96 valence electrons. The molecule has 0 saturated carbocycles. The van der Waals surface area contributed by atoms with Crippen molar-refractivity contribution in [3.8, 4) is 10.1 Å². The van der Waals surface area contributed by atoms with Gasteiger partial charge in [0.25, 0.3) is 0 Å². The van der Waals surface area contributed by atoms with Crippen molar-refractivity contribution in [1.82, 2.24) is 4.98 Å². The Bertz CT molecular complexity index is 760. The van der Waals surface area contributed by atoms with Gasteiger partial charge >= 0.3 is 112 Å². The Kier molecular flexibility index (Phi) is 2.84. The van der Waals surface area contributed by atoms with Crippen LogP contribution in [0.5, 0.6) is 0 Å². The van der Waals surface area contributed by atoms with Gasteiger partial charge in [0.15, 0.2) is 0 Å². The van der Waals surface area contributed by atoms with Crippen LogP contribution in [0, 0.1) is 17.5 Å². The standard InChI is InChI=1S/C13H7F3N2Se/c14-7-1-2-11-10(5-7)18-13(19-11)6-3-8(15)12(17)9(16)4-6/h1-5H,17H2. The van der Waals surface area contributed by atoms with Gasteiger partial charge in [-0.1, -0.05) is 0 Å². The molecular formula is C13H7F3N2Se. The van der Waals surface area contributed by atoms with E-state index in [-0.39, 0.29) is 20.3 Å². The Morgan fingerprint density at radius 3 is 2.37 bits per heavy atom. The number of hydrogen-bond acceptors (Lipinski definition) is 2. The van der Waals surface area contributed by atoms with E-state index in [1.807, 2.05) is 0 Å². The summed E-state index contributed by atoms with van der Waals surface area (Å²) >= 11 is -0.196. The number of halogens is 3. The third kappa shape index (κ3) is 2.13. The van der Waals surface area contributed by atoms with Gasteiger partial charge in [0, 0.05) is 0 Å². The summed E-state index contributed by atoms with van der Waals surface area (Å²) in [5.41, 5.74) is 5.59. The minimum absolute atomic E-state index is 0.196. The molecule has 0 fully saturated rings. The van der Waals surface area contributed by atoms with Crippen molar-refractivity contribution in [3.63, 3.8) is 0 Å². The maximum atomic E-state index is 13.4. The van der Waals surface area contributed by atoms with E-state index in [1.54, 1.807) is 6.07 Å². The Balaban J connectivity index is 2.19. The summed E-state index contributed by atoms with van der Waals surface area (Å²) < 4.78 is 41.4. The summed E-state index contributed by atoms with van der Waals surface area (Å²) in [4.78, 5) is 4.22. The Morgan fingerprint density at radius 2 is 1.68 bits per heavy atom. The number of rotatable bonds is 1. The van der Waals surface area contributed by atoms with Crippen LogP contribution in [0.4, 0.5) is 18.9 Å². The molecule has 0 unspecified atom stereocenters. The van der Waals surface area contributed by atoms with Gasteiger partial charge in [-0.15, -0.1) is 0 Å². The fraction of sp³-hybridized carbons (Fsp3) is 0. The number of nitrogens with zero attached hydrogens (tertiary/aromatic N) is 1. The molecule has 0 spiro atoms. The molecule has 0 aliphatic heterocycles. The molecule has 0 atom stereocenters. The molecule has 19 heavy (non-hydrogen) atoms. The van der Waals surface area contributed by atoms with Gasteiger partial charge in [-0.25, -0.2) is 0 Å². The van der Waals surface area contributed by atoms with Crippen molar-refractivity contribution in [2.24, 2.45) is 0 Å². The quantitative estimate of drug-likeness (QED) is 0.551.